The minimum atomic E-state index is 0.609. The van der Waals surface area contributed by atoms with Crippen LogP contribution in [0.25, 0.3) is 66.1 Å². The van der Waals surface area contributed by atoms with E-state index in [4.69, 9.17) is 43.6 Å². The Balaban J connectivity index is 0.000000128. The van der Waals surface area contributed by atoms with E-state index in [0.717, 1.165) is 127 Å². The van der Waals surface area contributed by atoms with Crippen LogP contribution < -0.4 is 20.0 Å². The van der Waals surface area contributed by atoms with Gasteiger partial charge in [-0.05, 0) is 156 Å². The molecule has 0 saturated heterocycles. The summed E-state index contributed by atoms with van der Waals surface area (Å²) in [5, 5.41) is 9.90. The van der Waals surface area contributed by atoms with Crippen LogP contribution in [0.2, 0.25) is 15.1 Å². The second-order valence-corrected chi connectivity index (χ2v) is 23.0. The van der Waals surface area contributed by atoms with Crippen LogP contribution in [-0.4, -0.2) is 13.1 Å². The van der Waals surface area contributed by atoms with Gasteiger partial charge in [-0.1, -0.05) is 217 Å². The Kier molecular flexibility index (Phi) is 15.7. The molecule has 12 aromatic carbocycles. The number of hydrogen-bond donors (Lipinski definition) is 1. The number of nitrogens with one attached hydrogen (secondary N) is 1. The molecule has 16 rings (SSSR count). The Bertz CT molecular complexity index is 4740. The van der Waals surface area contributed by atoms with Crippen molar-refractivity contribution in [2.75, 3.05) is 33.1 Å². The molecule has 0 radical (unpaired) electrons. The third-order valence-corrected chi connectivity index (χ3v) is 17.7. The van der Waals surface area contributed by atoms with E-state index in [1.54, 1.807) is 0 Å². The molecule has 87 heavy (non-hydrogen) atoms. The van der Waals surface area contributed by atoms with Crippen molar-refractivity contribution >= 4 is 130 Å². The van der Waals surface area contributed by atoms with E-state index in [1.807, 2.05) is 78.9 Å². The van der Waals surface area contributed by atoms with Crippen molar-refractivity contribution in [3.63, 3.8) is 0 Å². The number of rotatable bonds is 9. The summed E-state index contributed by atoms with van der Waals surface area (Å²) < 4.78 is 12.3. The van der Waals surface area contributed by atoms with Crippen molar-refractivity contribution in [2.45, 2.75) is 25.7 Å². The van der Waals surface area contributed by atoms with Crippen LogP contribution in [0, 0.1) is 0 Å². The van der Waals surface area contributed by atoms with E-state index >= 15 is 0 Å². The van der Waals surface area contributed by atoms with Crippen molar-refractivity contribution in [1.82, 2.24) is 0 Å². The summed E-state index contributed by atoms with van der Waals surface area (Å²) >= 11 is 19.9. The first kappa shape index (κ1) is 55.2. The van der Waals surface area contributed by atoms with Gasteiger partial charge in [-0.2, -0.15) is 0 Å². The molecule has 14 aromatic rings. The van der Waals surface area contributed by atoms with Crippen LogP contribution in [-0.2, 0) is 12.8 Å². The number of anilines is 9. The van der Waals surface area contributed by atoms with Gasteiger partial charge in [0.25, 0.3) is 0 Å². The van der Waals surface area contributed by atoms with Gasteiger partial charge in [-0.3, -0.25) is 0 Å². The first-order valence-corrected chi connectivity index (χ1v) is 30.7. The lowest BCUT2D eigenvalue weighted by atomic mass is 10.0. The maximum absolute atomic E-state index is 7.47. The third-order valence-electron chi connectivity index (χ3n) is 16.5. The summed E-state index contributed by atoms with van der Waals surface area (Å²) in [6, 6.07) is 96.2. The second-order valence-electron chi connectivity index (χ2n) is 21.8. The van der Waals surface area contributed by atoms with Crippen LogP contribution in [0.15, 0.2) is 288 Å². The first-order valence-electron chi connectivity index (χ1n) is 29.5. The highest BCUT2D eigenvalue weighted by molar-refractivity contribution is 6.43. The largest absolute Gasteiger partial charge is 0.456 e. The smallest absolute Gasteiger partial charge is 0.137 e. The van der Waals surface area contributed by atoms with Crippen molar-refractivity contribution in [1.29, 1.82) is 0 Å². The Morgan fingerprint density at radius 1 is 0.345 bits per heavy atom. The summed E-state index contributed by atoms with van der Waals surface area (Å²) in [7, 11) is 0. The van der Waals surface area contributed by atoms with Crippen LogP contribution in [0.1, 0.15) is 24.0 Å². The number of para-hydroxylation sites is 4. The lowest BCUT2D eigenvalue weighted by Gasteiger charge is -2.34. The standard InChI is InChI=1S/C39H29ClN2O.C24H17NO.C15H13Cl2N/c40-39-34(41-26-10-14-29-13-4-6-16-32(29)41)18-8-19-35(39)42(30-24-22-28(23-25-30)27-11-2-1-3-12-27)33-17-9-21-37-38(33)31-15-5-7-20-36(31)43-37;1-2-7-17(8-3-1)18-13-15-19(16-14-18)25-21-10-6-12-23-24(21)20-9-4-5-11-22(20)26-23;16-12-7-3-9-14(15(12)17)18-10-4-6-11-5-1-2-8-13(11)18/h1-9,11-13,15-25H,10,14,26H2;1-16,25H;1-3,5,7-9H,4,6,10H2. The number of hydrogen-bond acceptors (Lipinski definition) is 6. The van der Waals surface area contributed by atoms with Gasteiger partial charge in [-0.15, -0.1) is 0 Å². The number of furan rings is 2. The molecule has 6 nitrogen and oxygen atoms in total. The highest BCUT2D eigenvalue weighted by Crippen LogP contribution is 2.49. The summed E-state index contributed by atoms with van der Waals surface area (Å²) in [4.78, 5) is 6.91. The zero-order valence-corrected chi connectivity index (χ0v) is 49.9. The summed E-state index contributed by atoms with van der Waals surface area (Å²) in [5.74, 6) is 0. The number of fused-ring (bicyclic) bond motifs is 8. The van der Waals surface area contributed by atoms with Gasteiger partial charge < -0.3 is 28.9 Å². The molecule has 0 aliphatic carbocycles. The number of halogens is 3. The quantitative estimate of drug-likeness (QED) is 0.155. The Labute approximate surface area is 521 Å². The van der Waals surface area contributed by atoms with Crippen LogP contribution in [0.5, 0.6) is 0 Å². The average Bonchev–Trinajstić information content (AvgIpc) is 4.04. The van der Waals surface area contributed by atoms with Crippen LogP contribution >= 0.6 is 34.8 Å². The fraction of sp³-hybridized carbons (Fsp3) is 0.0769. The van der Waals surface area contributed by atoms with Crippen molar-refractivity contribution in [3.8, 4) is 22.3 Å². The minimum absolute atomic E-state index is 0.609. The van der Waals surface area contributed by atoms with Gasteiger partial charge in [0, 0.05) is 46.6 Å². The third kappa shape index (κ3) is 11.2. The van der Waals surface area contributed by atoms with E-state index in [1.165, 1.54) is 44.8 Å². The van der Waals surface area contributed by atoms with E-state index in [9.17, 15) is 0 Å². The van der Waals surface area contributed by atoms with E-state index in [2.05, 4.69) is 220 Å². The van der Waals surface area contributed by atoms with E-state index in [-0.39, 0.29) is 0 Å². The molecule has 9 heteroatoms. The molecule has 0 bridgehead atoms. The Morgan fingerprint density at radius 3 is 1.39 bits per heavy atom. The maximum atomic E-state index is 7.47. The second kappa shape index (κ2) is 24.7. The zero-order chi connectivity index (χ0) is 58.6. The molecule has 2 aliphatic rings. The van der Waals surface area contributed by atoms with E-state index in [0.29, 0.717) is 10.0 Å². The normalized spacial score (nSPS) is 12.7. The molecule has 1 N–H and O–H groups in total. The fourth-order valence-corrected chi connectivity index (χ4v) is 13.1. The zero-order valence-electron chi connectivity index (χ0n) is 47.6. The highest BCUT2D eigenvalue weighted by atomic mass is 35.5. The van der Waals surface area contributed by atoms with Crippen LogP contribution in [0.3, 0.4) is 0 Å². The molecule has 2 aliphatic heterocycles. The van der Waals surface area contributed by atoms with Gasteiger partial charge in [-0.25, -0.2) is 0 Å². The monoisotopic (exact) mass is 1190 g/mol. The molecule has 424 valence electrons. The van der Waals surface area contributed by atoms with Crippen LogP contribution in [0.4, 0.5) is 51.2 Å². The Morgan fingerprint density at radius 2 is 0.782 bits per heavy atom. The van der Waals surface area contributed by atoms with Gasteiger partial charge in [0.15, 0.2) is 0 Å². The van der Waals surface area contributed by atoms with Gasteiger partial charge in [0.2, 0.25) is 0 Å². The molecule has 4 heterocycles. The SMILES string of the molecule is Clc1c(N2CCCc3ccccc32)cccc1N(c1ccc(-c2ccccc2)cc1)c1cccc2oc3ccccc3c12.Clc1cccc(N2CCCc3ccccc32)c1Cl.c1ccc(-c2ccc(Nc3cccc4oc5ccccc5c34)cc2)cc1. The molecule has 0 atom stereocenters. The Hall–Kier alpha value is -9.69. The molecular formula is C78H59Cl3N4O2. The average molecular weight is 1190 g/mol. The first-order chi connectivity index (χ1) is 42.9. The van der Waals surface area contributed by atoms with Crippen molar-refractivity contribution in [3.05, 3.63) is 305 Å². The molecule has 0 fully saturated rings. The number of benzene rings is 12. The predicted molar refractivity (Wildman–Crippen MR) is 368 cm³/mol. The molecule has 0 spiro atoms. The maximum Gasteiger partial charge on any atom is 0.137 e. The van der Waals surface area contributed by atoms with Crippen molar-refractivity contribution < 1.29 is 8.83 Å². The lowest BCUT2D eigenvalue weighted by molar-refractivity contribution is 0.668. The van der Waals surface area contributed by atoms with E-state index < -0.39 is 0 Å². The molecule has 2 aromatic heterocycles. The van der Waals surface area contributed by atoms with Gasteiger partial charge >= 0.3 is 0 Å². The van der Waals surface area contributed by atoms with Crippen molar-refractivity contribution in [2.24, 2.45) is 0 Å². The topological polar surface area (TPSA) is 48.0 Å². The van der Waals surface area contributed by atoms with Gasteiger partial charge in [0.1, 0.15) is 22.3 Å². The molecule has 0 unspecified atom stereocenters. The highest BCUT2D eigenvalue weighted by Gasteiger charge is 2.27. The summed E-state index contributed by atoms with van der Waals surface area (Å²) in [6.45, 7) is 1.91. The molecule has 0 amide bonds. The predicted octanol–water partition coefficient (Wildman–Crippen LogP) is 23.5. The fourth-order valence-electron chi connectivity index (χ4n) is 12.4. The summed E-state index contributed by atoms with van der Waals surface area (Å²) in [6.07, 6.45) is 4.44. The minimum Gasteiger partial charge on any atom is -0.456 e. The van der Waals surface area contributed by atoms with Gasteiger partial charge in [0.05, 0.1) is 54.3 Å². The number of nitrogens with zero attached hydrogens (tertiary/aromatic N) is 3. The molecular weight excluding hydrogens is 1130 g/mol. The molecule has 0 saturated carbocycles. The lowest BCUT2D eigenvalue weighted by Crippen LogP contribution is -2.25. The summed E-state index contributed by atoms with van der Waals surface area (Å²) in [5.41, 5.74) is 20.6. The number of aryl methyl sites for hydroxylation is 2.